The third-order valence-corrected chi connectivity index (χ3v) is 1.40. The van der Waals surface area contributed by atoms with Gasteiger partial charge >= 0.3 is 0 Å². The molecule has 0 aromatic heterocycles. The summed E-state index contributed by atoms with van der Waals surface area (Å²) in [4.78, 5) is 0. The summed E-state index contributed by atoms with van der Waals surface area (Å²) < 4.78 is 5.01. The molecule has 3 N–H and O–H groups in total. The van der Waals surface area contributed by atoms with E-state index in [-0.39, 0.29) is 12.7 Å². The predicted molar refractivity (Wildman–Crippen MR) is 47.1 cm³/mol. The highest BCUT2D eigenvalue weighted by Crippen LogP contribution is 1.85. The van der Waals surface area contributed by atoms with Crippen LogP contribution in [0.1, 0.15) is 13.3 Å². The van der Waals surface area contributed by atoms with Crippen molar-refractivity contribution >= 4 is 0 Å². The second kappa shape index (κ2) is 8.93. The van der Waals surface area contributed by atoms with Crippen LogP contribution in [-0.4, -0.2) is 49.2 Å². The Morgan fingerprint density at radius 3 is 2.67 bits per heavy atom. The molecular weight excluding hydrogens is 158 g/mol. The molecule has 0 fully saturated rings. The molecule has 0 aromatic rings. The lowest BCUT2D eigenvalue weighted by Gasteiger charge is -2.06. The van der Waals surface area contributed by atoms with E-state index in [1.807, 2.05) is 0 Å². The van der Waals surface area contributed by atoms with E-state index in [0.29, 0.717) is 13.2 Å². The Kier molecular flexibility index (Phi) is 8.81. The maximum atomic E-state index is 8.89. The highest BCUT2D eigenvalue weighted by atomic mass is 16.5. The number of aliphatic hydroxyl groups excluding tert-OH is 2. The minimum atomic E-state index is -0.240. The molecule has 0 radical (unpaired) electrons. The van der Waals surface area contributed by atoms with Crippen molar-refractivity contribution in [2.24, 2.45) is 0 Å². The van der Waals surface area contributed by atoms with Gasteiger partial charge in [-0.1, -0.05) is 0 Å². The van der Waals surface area contributed by atoms with E-state index in [9.17, 15) is 0 Å². The van der Waals surface area contributed by atoms with E-state index in [1.54, 1.807) is 6.92 Å². The normalized spacial score (nSPS) is 13.2. The monoisotopic (exact) mass is 177 g/mol. The molecule has 0 spiro atoms. The fourth-order valence-corrected chi connectivity index (χ4v) is 0.747. The van der Waals surface area contributed by atoms with Crippen LogP contribution in [0, 0.1) is 0 Å². The highest BCUT2D eigenvalue weighted by Gasteiger charge is 1.93. The lowest BCUT2D eigenvalue weighted by atomic mass is 10.3. The molecule has 0 saturated carbocycles. The van der Waals surface area contributed by atoms with Crippen LogP contribution in [0.25, 0.3) is 0 Å². The summed E-state index contributed by atoms with van der Waals surface area (Å²) in [7, 11) is 0. The first kappa shape index (κ1) is 11.8. The summed E-state index contributed by atoms with van der Waals surface area (Å²) in [5.41, 5.74) is 0. The van der Waals surface area contributed by atoms with E-state index < -0.39 is 0 Å². The first-order chi connectivity index (χ1) is 5.77. The Hall–Kier alpha value is -0.160. The molecule has 0 aliphatic heterocycles. The van der Waals surface area contributed by atoms with Crippen molar-refractivity contribution in [3.8, 4) is 0 Å². The molecule has 0 rings (SSSR count). The molecule has 0 amide bonds. The van der Waals surface area contributed by atoms with Crippen LogP contribution in [0.3, 0.4) is 0 Å². The molecule has 0 saturated heterocycles. The first-order valence-corrected chi connectivity index (χ1v) is 4.34. The van der Waals surface area contributed by atoms with E-state index in [1.165, 1.54) is 0 Å². The largest absolute Gasteiger partial charge is 0.394 e. The van der Waals surface area contributed by atoms with Gasteiger partial charge in [-0.05, 0) is 19.9 Å². The molecule has 4 heteroatoms. The average Bonchev–Trinajstić information content (AvgIpc) is 2.02. The van der Waals surface area contributed by atoms with Crippen molar-refractivity contribution < 1.29 is 14.9 Å². The highest BCUT2D eigenvalue weighted by molar-refractivity contribution is 4.51. The number of aliphatic hydroxyl groups is 2. The van der Waals surface area contributed by atoms with Crippen LogP contribution < -0.4 is 5.32 Å². The Bertz CT molecular complexity index is 88.4. The average molecular weight is 177 g/mol. The summed E-state index contributed by atoms with van der Waals surface area (Å²) in [6, 6.07) is 0. The van der Waals surface area contributed by atoms with Gasteiger partial charge in [0.25, 0.3) is 0 Å². The second-order valence-corrected chi connectivity index (χ2v) is 2.72. The van der Waals surface area contributed by atoms with Crippen molar-refractivity contribution in [2.45, 2.75) is 19.4 Å². The summed E-state index contributed by atoms with van der Waals surface area (Å²) in [6.45, 7) is 4.43. The molecule has 0 bridgehead atoms. The zero-order valence-electron chi connectivity index (χ0n) is 7.62. The van der Waals surface area contributed by atoms with Gasteiger partial charge in [0.1, 0.15) is 0 Å². The minimum absolute atomic E-state index is 0.0771. The SMILES string of the molecule is CC(O)CCNCCOCCO. The molecule has 74 valence electrons. The fourth-order valence-electron chi connectivity index (χ4n) is 0.747. The molecule has 0 heterocycles. The van der Waals surface area contributed by atoms with Gasteiger partial charge in [0.2, 0.25) is 0 Å². The van der Waals surface area contributed by atoms with Crippen molar-refractivity contribution in [1.29, 1.82) is 0 Å². The predicted octanol–water partition coefficient (Wildman–Crippen LogP) is -0.644. The molecule has 1 atom stereocenters. The maximum absolute atomic E-state index is 8.89. The van der Waals surface area contributed by atoms with Crippen molar-refractivity contribution in [2.75, 3.05) is 32.9 Å². The van der Waals surface area contributed by atoms with Crippen LogP contribution >= 0.6 is 0 Å². The molecule has 0 aliphatic carbocycles. The van der Waals surface area contributed by atoms with Gasteiger partial charge in [-0.3, -0.25) is 0 Å². The van der Waals surface area contributed by atoms with Gasteiger partial charge in [0.05, 0.1) is 25.9 Å². The molecule has 12 heavy (non-hydrogen) atoms. The van der Waals surface area contributed by atoms with Crippen molar-refractivity contribution in [3.05, 3.63) is 0 Å². The maximum Gasteiger partial charge on any atom is 0.0698 e. The van der Waals surface area contributed by atoms with Gasteiger partial charge in [0.15, 0.2) is 0 Å². The van der Waals surface area contributed by atoms with Crippen LogP contribution in [0.5, 0.6) is 0 Å². The van der Waals surface area contributed by atoms with Crippen LogP contribution in [0.4, 0.5) is 0 Å². The Balaban J connectivity index is 2.82. The fraction of sp³-hybridized carbons (Fsp3) is 1.00. The van der Waals surface area contributed by atoms with Crippen LogP contribution in [0.2, 0.25) is 0 Å². The number of hydrogen-bond donors (Lipinski definition) is 3. The molecule has 1 unspecified atom stereocenters. The molecule has 4 nitrogen and oxygen atoms in total. The van der Waals surface area contributed by atoms with Gasteiger partial charge in [-0.2, -0.15) is 0 Å². The standard InChI is InChI=1S/C8H19NO3/c1-8(11)2-3-9-4-6-12-7-5-10/h8-11H,2-7H2,1H3. The van der Waals surface area contributed by atoms with Gasteiger partial charge in [-0.25, -0.2) is 0 Å². The number of hydrogen-bond acceptors (Lipinski definition) is 4. The zero-order valence-corrected chi connectivity index (χ0v) is 7.62. The third-order valence-electron chi connectivity index (χ3n) is 1.40. The number of nitrogens with one attached hydrogen (secondary N) is 1. The topological polar surface area (TPSA) is 61.7 Å². The van der Waals surface area contributed by atoms with Gasteiger partial charge in [0, 0.05) is 6.54 Å². The van der Waals surface area contributed by atoms with Crippen molar-refractivity contribution in [1.82, 2.24) is 5.32 Å². The molecule has 0 aromatic carbocycles. The Labute approximate surface area is 73.5 Å². The third kappa shape index (κ3) is 9.84. The summed E-state index contributed by atoms with van der Waals surface area (Å²) in [6.07, 6.45) is 0.524. The molecule has 0 aliphatic rings. The smallest absolute Gasteiger partial charge is 0.0698 e. The van der Waals surface area contributed by atoms with E-state index in [0.717, 1.165) is 19.5 Å². The Morgan fingerprint density at radius 1 is 1.33 bits per heavy atom. The van der Waals surface area contributed by atoms with E-state index >= 15 is 0 Å². The number of rotatable bonds is 8. The van der Waals surface area contributed by atoms with Gasteiger partial charge < -0.3 is 20.3 Å². The first-order valence-electron chi connectivity index (χ1n) is 4.34. The number of ether oxygens (including phenoxy) is 1. The van der Waals surface area contributed by atoms with Crippen LogP contribution in [0.15, 0.2) is 0 Å². The van der Waals surface area contributed by atoms with E-state index in [2.05, 4.69) is 5.32 Å². The zero-order chi connectivity index (χ0) is 9.23. The Morgan fingerprint density at radius 2 is 2.08 bits per heavy atom. The summed E-state index contributed by atoms with van der Waals surface area (Å²) in [5.74, 6) is 0. The lowest BCUT2D eigenvalue weighted by molar-refractivity contribution is 0.0932. The molecular formula is C8H19NO3. The van der Waals surface area contributed by atoms with E-state index in [4.69, 9.17) is 14.9 Å². The van der Waals surface area contributed by atoms with Crippen molar-refractivity contribution in [3.63, 3.8) is 0 Å². The van der Waals surface area contributed by atoms with Crippen LogP contribution in [-0.2, 0) is 4.74 Å². The lowest BCUT2D eigenvalue weighted by Crippen LogP contribution is -2.23. The quantitative estimate of drug-likeness (QED) is 0.431. The second-order valence-electron chi connectivity index (χ2n) is 2.72. The minimum Gasteiger partial charge on any atom is -0.394 e. The summed E-state index contributed by atoms with van der Waals surface area (Å²) in [5, 5.41) is 20.4. The summed E-state index contributed by atoms with van der Waals surface area (Å²) >= 11 is 0. The van der Waals surface area contributed by atoms with Gasteiger partial charge in [-0.15, -0.1) is 0 Å².